The van der Waals surface area contributed by atoms with Gasteiger partial charge in [-0.25, -0.2) is 9.78 Å². The highest BCUT2D eigenvalue weighted by atomic mass is 16.5. The van der Waals surface area contributed by atoms with Crippen LogP contribution in [0.3, 0.4) is 0 Å². The van der Waals surface area contributed by atoms with Crippen molar-refractivity contribution < 1.29 is 24.5 Å². The number of ether oxygens (including phenoxy) is 2. The highest BCUT2D eigenvalue weighted by Gasteiger charge is 2.23. The molecule has 0 spiro atoms. The van der Waals surface area contributed by atoms with E-state index < -0.39 is 12.1 Å². The molecule has 1 aromatic heterocycles. The summed E-state index contributed by atoms with van der Waals surface area (Å²) in [6, 6.07) is 15.8. The maximum atomic E-state index is 11.2. The number of likely N-dealkylation sites (tertiary alicyclic amines) is 1. The predicted octanol–water partition coefficient (Wildman–Crippen LogP) is 3.90. The van der Waals surface area contributed by atoms with E-state index in [0.717, 1.165) is 60.8 Å². The van der Waals surface area contributed by atoms with Gasteiger partial charge in [0.2, 0.25) is 5.88 Å². The lowest BCUT2D eigenvalue weighted by molar-refractivity contribution is -0.131. The van der Waals surface area contributed by atoms with Crippen molar-refractivity contribution in [1.29, 1.82) is 0 Å². The Morgan fingerprint density at radius 1 is 1.21 bits per heavy atom. The largest absolute Gasteiger partial charge is 0.489 e. The van der Waals surface area contributed by atoms with Crippen LogP contribution in [-0.2, 0) is 4.79 Å². The number of rotatable bonds is 9. The minimum Gasteiger partial charge on any atom is -0.489 e. The molecule has 0 amide bonds. The van der Waals surface area contributed by atoms with E-state index in [1.165, 1.54) is 5.57 Å². The molecular formula is C30H33N3O5. The first-order valence-electron chi connectivity index (χ1n) is 12.9. The molecule has 3 heterocycles. The first-order valence-corrected chi connectivity index (χ1v) is 12.9. The van der Waals surface area contributed by atoms with Gasteiger partial charge < -0.3 is 29.9 Å². The lowest BCUT2D eigenvalue weighted by Gasteiger charge is -2.34. The molecule has 1 saturated heterocycles. The van der Waals surface area contributed by atoms with Crippen molar-refractivity contribution in [2.75, 3.05) is 39.9 Å². The lowest BCUT2D eigenvalue weighted by Crippen LogP contribution is -2.44. The molecule has 2 aliphatic rings. The number of hydrogen-bond acceptors (Lipinski definition) is 7. The number of fused-ring (bicyclic) bond motifs is 2. The molecule has 2 aliphatic heterocycles. The molecule has 2 aromatic carbocycles. The Bertz CT molecular complexity index is 1360. The maximum absolute atomic E-state index is 11.2. The van der Waals surface area contributed by atoms with E-state index in [-0.39, 0.29) is 0 Å². The molecule has 3 N–H and O–H groups in total. The number of aromatic nitrogens is 1. The van der Waals surface area contributed by atoms with Gasteiger partial charge in [0.05, 0.1) is 18.7 Å². The molecule has 8 nitrogen and oxygen atoms in total. The zero-order chi connectivity index (χ0) is 26.5. The summed E-state index contributed by atoms with van der Waals surface area (Å²) < 4.78 is 11.2. The van der Waals surface area contributed by atoms with Gasteiger partial charge in [0.25, 0.3) is 0 Å². The summed E-state index contributed by atoms with van der Waals surface area (Å²) in [7, 11) is 1.55. The van der Waals surface area contributed by atoms with Gasteiger partial charge >= 0.3 is 5.97 Å². The minimum absolute atomic E-state index is 0.425. The van der Waals surface area contributed by atoms with Crippen molar-refractivity contribution in [3.8, 4) is 11.6 Å². The normalized spacial score (nSPS) is 17.2. The molecule has 8 heteroatoms. The number of aliphatic carboxylic acids is 1. The number of carboxylic acid groups (broad SMARTS) is 1. The summed E-state index contributed by atoms with van der Waals surface area (Å²) in [5, 5.41) is 24.7. The summed E-state index contributed by atoms with van der Waals surface area (Å²) in [5.74, 6) is 0.367. The summed E-state index contributed by atoms with van der Waals surface area (Å²) in [4.78, 5) is 17.9. The fraction of sp³-hybridized carbons (Fsp3) is 0.333. The summed E-state index contributed by atoms with van der Waals surface area (Å²) >= 11 is 0. The van der Waals surface area contributed by atoms with Gasteiger partial charge in [-0.3, -0.25) is 0 Å². The summed E-state index contributed by atoms with van der Waals surface area (Å²) in [6.45, 7) is 3.71. The zero-order valence-electron chi connectivity index (χ0n) is 21.5. The molecule has 0 bridgehead atoms. The average Bonchev–Trinajstić information content (AvgIpc) is 2.94. The number of nitrogens with zero attached hydrogens (tertiary/aromatic N) is 2. The van der Waals surface area contributed by atoms with E-state index in [1.54, 1.807) is 19.3 Å². The molecule has 0 aliphatic carbocycles. The van der Waals surface area contributed by atoms with Crippen LogP contribution in [0.25, 0.3) is 23.1 Å². The van der Waals surface area contributed by atoms with Gasteiger partial charge in [0.1, 0.15) is 12.4 Å². The topological polar surface area (TPSA) is 104 Å². The molecule has 1 atom stereocenters. The third-order valence-corrected chi connectivity index (χ3v) is 7.20. The Labute approximate surface area is 222 Å². The van der Waals surface area contributed by atoms with Crippen LogP contribution >= 0.6 is 0 Å². The van der Waals surface area contributed by atoms with Gasteiger partial charge in [0.15, 0.2) is 0 Å². The fourth-order valence-electron chi connectivity index (χ4n) is 5.13. The van der Waals surface area contributed by atoms with E-state index in [2.05, 4.69) is 27.3 Å². The Morgan fingerprint density at radius 3 is 2.82 bits per heavy atom. The first kappa shape index (κ1) is 25.9. The van der Waals surface area contributed by atoms with Gasteiger partial charge in [-0.2, -0.15) is 0 Å². The van der Waals surface area contributed by atoms with E-state index in [1.807, 2.05) is 36.4 Å². The second-order valence-electron chi connectivity index (χ2n) is 9.77. The standard InChI is InChI=1S/C30H33N3O5/c1-37-28-10-9-24-21(7-11-29(35)36)6-8-25(30(24)32-28)26(34)18-33-14-12-23(13-15-33)31-17-20-16-22-4-2-3-5-27(22)38-19-20/h2-11,16,23,26,31,34H,12-15,17-19H2,1H3,(H,35,36)/b11-7+. The Kier molecular flexibility index (Phi) is 8.03. The van der Waals surface area contributed by atoms with Crippen LogP contribution in [0, 0.1) is 0 Å². The van der Waals surface area contributed by atoms with Gasteiger partial charge in [0, 0.05) is 47.8 Å². The second kappa shape index (κ2) is 11.8. The van der Waals surface area contributed by atoms with Crippen LogP contribution in [-0.4, -0.2) is 72.0 Å². The van der Waals surface area contributed by atoms with Crippen molar-refractivity contribution in [3.05, 3.63) is 76.9 Å². The molecule has 38 heavy (non-hydrogen) atoms. The zero-order valence-corrected chi connectivity index (χ0v) is 21.5. The van der Waals surface area contributed by atoms with Crippen LogP contribution < -0.4 is 14.8 Å². The van der Waals surface area contributed by atoms with E-state index in [0.29, 0.717) is 36.2 Å². The minimum atomic E-state index is -1.02. The number of aliphatic hydroxyl groups is 1. The van der Waals surface area contributed by atoms with E-state index in [9.17, 15) is 9.90 Å². The Morgan fingerprint density at radius 2 is 2.03 bits per heavy atom. The van der Waals surface area contributed by atoms with E-state index in [4.69, 9.17) is 14.6 Å². The third kappa shape index (κ3) is 6.05. The van der Waals surface area contributed by atoms with Crippen LogP contribution in [0.1, 0.15) is 35.6 Å². The first-order chi connectivity index (χ1) is 18.5. The van der Waals surface area contributed by atoms with Crippen molar-refractivity contribution in [2.24, 2.45) is 0 Å². The number of nitrogens with one attached hydrogen (secondary N) is 1. The molecule has 0 radical (unpaired) electrons. The Hall–Kier alpha value is -3.72. The summed E-state index contributed by atoms with van der Waals surface area (Å²) in [5.41, 5.74) is 4.42. The number of piperidine rings is 1. The van der Waals surface area contributed by atoms with Gasteiger partial charge in [-0.15, -0.1) is 0 Å². The van der Waals surface area contributed by atoms with Crippen LogP contribution in [0.4, 0.5) is 0 Å². The fourth-order valence-corrected chi connectivity index (χ4v) is 5.13. The van der Waals surface area contributed by atoms with Crippen LogP contribution in [0.15, 0.2) is 60.2 Å². The number of pyridine rings is 1. The van der Waals surface area contributed by atoms with Crippen molar-refractivity contribution in [1.82, 2.24) is 15.2 Å². The second-order valence-corrected chi connectivity index (χ2v) is 9.77. The Balaban J connectivity index is 1.19. The maximum Gasteiger partial charge on any atom is 0.328 e. The van der Waals surface area contributed by atoms with Crippen LogP contribution in [0.5, 0.6) is 11.6 Å². The van der Waals surface area contributed by atoms with Gasteiger partial charge in [-0.1, -0.05) is 30.3 Å². The van der Waals surface area contributed by atoms with Crippen LogP contribution in [0.2, 0.25) is 0 Å². The number of aliphatic hydroxyl groups excluding tert-OH is 1. The molecule has 5 rings (SSSR count). The van der Waals surface area contributed by atoms with Crippen molar-refractivity contribution in [3.63, 3.8) is 0 Å². The number of carbonyl (C=O) groups is 1. The molecular weight excluding hydrogens is 482 g/mol. The predicted molar refractivity (Wildman–Crippen MR) is 147 cm³/mol. The van der Waals surface area contributed by atoms with Crippen molar-refractivity contribution >= 4 is 29.0 Å². The van der Waals surface area contributed by atoms with E-state index >= 15 is 0 Å². The SMILES string of the molecule is COc1ccc2c(/C=C/C(=O)O)ccc(C(O)CN3CCC(NCC4=Cc5ccccc5OC4)CC3)c2n1. The molecule has 1 unspecified atom stereocenters. The molecule has 198 valence electrons. The number of methoxy groups -OCH3 is 1. The highest BCUT2D eigenvalue weighted by Crippen LogP contribution is 2.30. The monoisotopic (exact) mass is 515 g/mol. The number of carboxylic acids is 1. The number of para-hydroxylation sites is 1. The lowest BCUT2D eigenvalue weighted by atomic mass is 9.98. The smallest absolute Gasteiger partial charge is 0.328 e. The number of β-amino-alcohol motifs (C(OH)–C–C–N with tert-alkyl or cyclic N) is 1. The molecule has 1 fully saturated rings. The number of hydrogen-bond donors (Lipinski definition) is 3. The molecule has 0 saturated carbocycles. The average molecular weight is 516 g/mol. The van der Waals surface area contributed by atoms with Crippen molar-refractivity contribution in [2.45, 2.75) is 25.0 Å². The quantitative estimate of drug-likeness (QED) is 0.369. The third-order valence-electron chi connectivity index (χ3n) is 7.20. The van der Waals surface area contributed by atoms with Gasteiger partial charge in [-0.05, 0) is 61.4 Å². The highest BCUT2D eigenvalue weighted by molar-refractivity contribution is 5.94. The summed E-state index contributed by atoms with van der Waals surface area (Å²) in [6.07, 6.45) is 6.13. The number of benzene rings is 2. The molecule has 3 aromatic rings.